The monoisotopic (exact) mass is 248 g/mol. The Hall–Kier alpha value is -0.460. The average molecular weight is 248 g/mol. The number of hydrogen-bond donors (Lipinski definition) is 1. The zero-order valence-corrected chi connectivity index (χ0v) is 10.8. The van der Waals surface area contributed by atoms with E-state index in [-0.39, 0.29) is 11.8 Å². The summed E-state index contributed by atoms with van der Waals surface area (Å²) in [7, 11) is -3.15. The molecule has 0 aliphatic heterocycles. The second kappa shape index (κ2) is 5.05. The predicted octanol–water partition coefficient (Wildman–Crippen LogP) is 1.71. The van der Waals surface area contributed by atoms with Crippen LogP contribution >= 0.6 is 11.3 Å². The van der Waals surface area contributed by atoms with Crippen molar-refractivity contribution in [1.29, 1.82) is 0 Å². The third-order valence-corrected chi connectivity index (χ3v) is 4.82. The highest BCUT2D eigenvalue weighted by molar-refractivity contribution is 7.89. The van der Waals surface area contributed by atoms with Gasteiger partial charge in [-0.25, -0.2) is 18.1 Å². The van der Waals surface area contributed by atoms with Gasteiger partial charge in [-0.15, -0.1) is 11.3 Å². The number of sulfonamides is 1. The molecule has 4 nitrogen and oxygen atoms in total. The van der Waals surface area contributed by atoms with Gasteiger partial charge >= 0.3 is 0 Å². The molecule has 1 heterocycles. The summed E-state index contributed by atoms with van der Waals surface area (Å²) in [6.45, 7) is 5.48. The van der Waals surface area contributed by atoms with E-state index in [4.69, 9.17) is 0 Å². The van der Waals surface area contributed by atoms with E-state index in [1.54, 1.807) is 24.5 Å². The lowest BCUT2D eigenvalue weighted by Gasteiger charge is -2.09. The lowest BCUT2D eigenvalue weighted by molar-refractivity contribution is 0.567. The summed E-state index contributed by atoms with van der Waals surface area (Å²) in [5.74, 6) is 0.101. The Kier molecular flexibility index (Phi) is 4.24. The van der Waals surface area contributed by atoms with E-state index in [0.29, 0.717) is 0 Å². The lowest BCUT2D eigenvalue weighted by Crippen LogP contribution is -2.28. The summed E-state index contributed by atoms with van der Waals surface area (Å²) >= 11 is 1.55. The normalized spacial score (nSPS) is 14.1. The Morgan fingerprint density at radius 1 is 1.53 bits per heavy atom. The first kappa shape index (κ1) is 12.6. The molecule has 0 saturated heterocycles. The fourth-order valence-corrected chi connectivity index (χ4v) is 2.84. The number of thiazole rings is 1. The first-order valence-electron chi connectivity index (χ1n) is 4.93. The van der Waals surface area contributed by atoms with Gasteiger partial charge in [0, 0.05) is 11.1 Å². The molecule has 0 spiro atoms. The number of nitrogens with zero attached hydrogens (tertiary/aromatic N) is 1. The molecule has 0 bridgehead atoms. The SMILES string of the molecule is CCc1cnc(C(C)NS(=O)(=O)CC)s1. The van der Waals surface area contributed by atoms with Crippen molar-refractivity contribution >= 4 is 21.4 Å². The van der Waals surface area contributed by atoms with E-state index in [1.165, 1.54) is 4.88 Å². The van der Waals surface area contributed by atoms with E-state index in [2.05, 4.69) is 16.6 Å². The van der Waals surface area contributed by atoms with Crippen LogP contribution in [0.25, 0.3) is 0 Å². The summed E-state index contributed by atoms with van der Waals surface area (Å²) in [6, 6.07) is -0.236. The minimum Gasteiger partial charge on any atom is -0.248 e. The first-order chi connectivity index (χ1) is 6.98. The van der Waals surface area contributed by atoms with Crippen molar-refractivity contribution in [3.8, 4) is 0 Å². The molecule has 0 aliphatic rings. The number of rotatable bonds is 5. The van der Waals surface area contributed by atoms with Crippen LogP contribution in [0.2, 0.25) is 0 Å². The van der Waals surface area contributed by atoms with Crippen LogP contribution in [0.1, 0.15) is 36.7 Å². The predicted molar refractivity (Wildman–Crippen MR) is 62.5 cm³/mol. The van der Waals surface area contributed by atoms with Crippen LogP contribution in [0.3, 0.4) is 0 Å². The topological polar surface area (TPSA) is 59.1 Å². The molecule has 15 heavy (non-hydrogen) atoms. The van der Waals surface area contributed by atoms with Gasteiger partial charge in [-0.1, -0.05) is 6.92 Å². The molecule has 1 atom stereocenters. The van der Waals surface area contributed by atoms with Crippen LogP contribution in [-0.2, 0) is 16.4 Å². The van der Waals surface area contributed by atoms with Gasteiger partial charge in [0.2, 0.25) is 10.0 Å². The minimum absolute atomic E-state index is 0.101. The third kappa shape index (κ3) is 3.55. The molecular formula is C9H16N2O2S2. The van der Waals surface area contributed by atoms with Gasteiger partial charge in [0.1, 0.15) is 5.01 Å². The van der Waals surface area contributed by atoms with E-state index in [1.807, 2.05) is 6.92 Å². The van der Waals surface area contributed by atoms with Gasteiger partial charge in [0.25, 0.3) is 0 Å². The van der Waals surface area contributed by atoms with Crippen molar-refractivity contribution in [3.05, 3.63) is 16.1 Å². The van der Waals surface area contributed by atoms with Gasteiger partial charge in [0.15, 0.2) is 0 Å². The number of nitrogens with one attached hydrogen (secondary N) is 1. The molecule has 1 unspecified atom stereocenters. The number of aromatic nitrogens is 1. The largest absolute Gasteiger partial charge is 0.248 e. The summed E-state index contributed by atoms with van der Waals surface area (Å²) < 4.78 is 25.2. The molecule has 6 heteroatoms. The highest BCUT2D eigenvalue weighted by atomic mass is 32.2. The average Bonchev–Trinajstić information content (AvgIpc) is 2.65. The standard InChI is InChI=1S/C9H16N2O2S2/c1-4-8-6-10-9(14-8)7(3)11-15(12,13)5-2/h6-7,11H,4-5H2,1-3H3. The summed E-state index contributed by atoms with van der Waals surface area (Å²) in [5, 5.41) is 0.823. The van der Waals surface area contributed by atoms with Crippen LogP contribution in [0, 0.1) is 0 Å². The van der Waals surface area contributed by atoms with Crippen LogP contribution in [-0.4, -0.2) is 19.2 Å². The molecule has 1 N–H and O–H groups in total. The quantitative estimate of drug-likeness (QED) is 0.863. The molecule has 0 fully saturated rings. The summed E-state index contributed by atoms with van der Waals surface area (Å²) in [6.07, 6.45) is 2.74. The molecule has 0 amide bonds. The van der Waals surface area contributed by atoms with Crippen molar-refractivity contribution in [2.45, 2.75) is 33.2 Å². The lowest BCUT2D eigenvalue weighted by atomic mass is 10.4. The maximum atomic E-state index is 11.3. The van der Waals surface area contributed by atoms with Crippen LogP contribution < -0.4 is 4.72 Å². The molecule has 0 saturated carbocycles. The fourth-order valence-electron chi connectivity index (χ4n) is 1.09. The molecule has 1 aromatic rings. The zero-order chi connectivity index (χ0) is 11.5. The summed E-state index contributed by atoms with van der Waals surface area (Å²) in [4.78, 5) is 5.37. The molecule has 0 aliphatic carbocycles. The van der Waals surface area contributed by atoms with Crippen molar-refractivity contribution in [1.82, 2.24) is 9.71 Å². The minimum atomic E-state index is -3.15. The molecular weight excluding hydrogens is 232 g/mol. The highest BCUT2D eigenvalue weighted by Crippen LogP contribution is 2.20. The highest BCUT2D eigenvalue weighted by Gasteiger charge is 2.16. The second-order valence-corrected chi connectivity index (χ2v) is 6.45. The van der Waals surface area contributed by atoms with Crippen molar-refractivity contribution in [3.63, 3.8) is 0 Å². The molecule has 1 aromatic heterocycles. The molecule has 86 valence electrons. The third-order valence-electron chi connectivity index (χ3n) is 2.03. The van der Waals surface area contributed by atoms with E-state index in [9.17, 15) is 8.42 Å². The van der Waals surface area contributed by atoms with Crippen LogP contribution in [0.4, 0.5) is 0 Å². The van der Waals surface area contributed by atoms with Gasteiger partial charge in [-0.05, 0) is 20.3 Å². The van der Waals surface area contributed by atoms with Crippen LogP contribution in [0.5, 0.6) is 0 Å². The van der Waals surface area contributed by atoms with E-state index >= 15 is 0 Å². The van der Waals surface area contributed by atoms with Gasteiger partial charge < -0.3 is 0 Å². The van der Waals surface area contributed by atoms with E-state index in [0.717, 1.165) is 11.4 Å². The Morgan fingerprint density at radius 3 is 2.67 bits per heavy atom. The van der Waals surface area contributed by atoms with Gasteiger partial charge in [-0.3, -0.25) is 0 Å². The first-order valence-corrected chi connectivity index (χ1v) is 7.40. The maximum absolute atomic E-state index is 11.3. The fraction of sp³-hybridized carbons (Fsp3) is 0.667. The smallest absolute Gasteiger partial charge is 0.211 e. The molecule has 1 rings (SSSR count). The van der Waals surface area contributed by atoms with Gasteiger partial charge in [-0.2, -0.15) is 0 Å². The van der Waals surface area contributed by atoms with E-state index < -0.39 is 10.0 Å². The Balaban J connectivity index is 2.73. The second-order valence-electron chi connectivity index (χ2n) is 3.26. The van der Waals surface area contributed by atoms with Crippen molar-refractivity contribution < 1.29 is 8.42 Å². The maximum Gasteiger partial charge on any atom is 0.211 e. The Bertz CT molecular complexity index is 412. The van der Waals surface area contributed by atoms with Gasteiger partial charge in [0.05, 0.1) is 11.8 Å². The van der Waals surface area contributed by atoms with Crippen molar-refractivity contribution in [2.24, 2.45) is 0 Å². The van der Waals surface area contributed by atoms with Crippen molar-refractivity contribution in [2.75, 3.05) is 5.75 Å². The zero-order valence-electron chi connectivity index (χ0n) is 9.15. The Labute approximate surface area is 94.8 Å². The number of hydrogen-bond acceptors (Lipinski definition) is 4. The van der Waals surface area contributed by atoms with Crippen LogP contribution in [0.15, 0.2) is 6.20 Å². The Morgan fingerprint density at radius 2 is 2.20 bits per heavy atom. The summed E-state index contributed by atoms with van der Waals surface area (Å²) in [5.41, 5.74) is 0. The number of aryl methyl sites for hydroxylation is 1. The molecule has 0 aromatic carbocycles. The molecule has 0 radical (unpaired) electrons.